The molecule has 0 saturated carbocycles. The molecule has 1 fully saturated rings. The topological polar surface area (TPSA) is 53.6 Å². The first-order valence-electron chi connectivity index (χ1n) is 8.94. The average Bonchev–Trinajstić information content (AvgIpc) is 2.67. The molecule has 0 spiro atoms. The van der Waals surface area contributed by atoms with E-state index < -0.39 is 0 Å². The van der Waals surface area contributed by atoms with Gasteiger partial charge in [-0.05, 0) is 36.8 Å². The number of halogens is 2. The van der Waals surface area contributed by atoms with Crippen LogP contribution in [0.2, 0.25) is 10.0 Å². The number of ether oxygens (including phenoxy) is 1. The second-order valence-electron chi connectivity index (χ2n) is 6.43. The van der Waals surface area contributed by atoms with E-state index in [-0.39, 0.29) is 18.5 Å². The summed E-state index contributed by atoms with van der Waals surface area (Å²) in [5, 5.41) is 7.55. The van der Waals surface area contributed by atoms with Crippen LogP contribution in [0, 0.1) is 0 Å². The van der Waals surface area contributed by atoms with Crippen molar-refractivity contribution in [1.82, 2.24) is 5.32 Å². The van der Waals surface area contributed by atoms with E-state index in [1.54, 1.807) is 0 Å². The molecule has 7 heteroatoms. The Balaban J connectivity index is 1.61. The monoisotopic (exact) mass is 407 g/mol. The summed E-state index contributed by atoms with van der Waals surface area (Å²) in [6.07, 6.45) is 0. The predicted octanol–water partition coefficient (Wildman–Crippen LogP) is 4.12. The van der Waals surface area contributed by atoms with Crippen molar-refractivity contribution < 1.29 is 9.53 Å². The quantitative estimate of drug-likeness (QED) is 0.755. The van der Waals surface area contributed by atoms with E-state index in [2.05, 4.69) is 15.5 Å². The SMILES string of the molecule is CC(NC(=O)CNc1cccc(Cl)c1N1CCOCC1)c1ccc(Cl)cc1. The van der Waals surface area contributed by atoms with E-state index in [0.29, 0.717) is 23.3 Å². The maximum absolute atomic E-state index is 12.4. The molecule has 2 N–H and O–H groups in total. The van der Waals surface area contributed by atoms with Gasteiger partial charge < -0.3 is 20.3 Å². The van der Waals surface area contributed by atoms with Gasteiger partial charge in [0.1, 0.15) is 0 Å². The molecule has 27 heavy (non-hydrogen) atoms. The van der Waals surface area contributed by atoms with Gasteiger partial charge in [0.15, 0.2) is 0 Å². The highest BCUT2D eigenvalue weighted by Gasteiger charge is 2.18. The average molecular weight is 408 g/mol. The molecule has 1 unspecified atom stereocenters. The molecule has 0 aliphatic carbocycles. The Morgan fingerprint density at radius 3 is 2.56 bits per heavy atom. The lowest BCUT2D eigenvalue weighted by Crippen LogP contribution is -2.37. The minimum absolute atomic E-state index is 0.0923. The smallest absolute Gasteiger partial charge is 0.239 e. The van der Waals surface area contributed by atoms with Crippen LogP contribution in [0.25, 0.3) is 0 Å². The number of anilines is 2. The third-order valence-corrected chi connectivity index (χ3v) is 5.06. The summed E-state index contributed by atoms with van der Waals surface area (Å²) in [5.41, 5.74) is 2.77. The number of nitrogens with zero attached hydrogens (tertiary/aromatic N) is 1. The number of hydrogen-bond acceptors (Lipinski definition) is 4. The van der Waals surface area contributed by atoms with E-state index >= 15 is 0 Å². The van der Waals surface area contributed by atoms with Gasteiger partial charge in [-0.15, -0.1) is 0 Å². The van der Waals surface area contributed by atoms with Crippen molar-refractivity contribution in [2.24, 2.45) is 0 Å². The molecule has 1 heterocycles. The number of para-hydroxylation sites is 1. The molecular weight excluding hydrogens is 385 g/mol. The normalized spacial score (nSPS) is 15.3. The first-order chi connectivity index (χ1) is 13.0. The maximum Gasteiger partial charge on any atom is 0.239 e. The maximum atomic E-state index is 12.4. The number of rotatable bonds is 6. The Morgan fingerprint density at radius 2 is 1.85 bits per heavy atom. The van der Waals surface area contributed by atoms with E-state index in [0.717, 1.165) is 30.0 Å². The van der Waals surface area contributed by atoms with Crippen molar-refractivity contribution in [2.45, 2.75) is 13.0 Å². The molecule has 1 aliphatic rings. The van der Waals surface area contributed by atoms with Gasteiger partial charge >= 0.3 is 0 Å². The van der Waals surface area contributed by atoms with Gasteiger partial charge in [-0.2, -0.15) is 0 Å². The fraction of sp³-hybridized carbons (Fsp3) is 0.350. The summed E-state index contributed by atoms with van der Waals surface area (Å²) >= 11 is 12.3. The highest BCUT2D eigenvalue weighted by Crippen LogP contribution is 2.34. The van der Waals surface area contributed by atoms with Crippen LogP contribution < -0.4 is 15.5 Å². The Bertz CT molecular complexity index is 777. The van der Waals surface area contributed by atoms with Gasteiger partial charge in [0.2, 0.25) is 5.91 Å². The van der Waals surface area contributed by atoms with E-state index in [1.165, 1.54) is 0 Å². The van der Waals surface area contributed by atoms with Crippen molar-refractivity contribution in [2.75, 3.05) is 43.1 Å². The van der Waals surface area contributed by atoms with Gasteiger partial charge in [-0.25, -0.2) is 0 Å². The Morgan fingerprint density at radius 1 is 1.15 bits per heavy atom. The Kier molecular flexibility index (Phi) is 6.83. The summed E-state index contributed by atoms with van der Waals surface area (Å²) in [7, 11) is 0. The molecule has 2 aromatic rings. The molecule has 2 aromatic carbocycles. The van der Waals surface area contributed by atoms with Crippen molar-refractivity contribution >= 4 is 40.5 Å². The standard InChI is InChI=1S/C20H23Cl2N3O2/c1-14(15-5-7-16(21)8-6-15)24-19(26)13-23-18-4-2-3-17(22)20(18)25-9-11-27-12-10-25/h2-8,14,23H,9-13H2,1H3,(H,24,26). The lowest BCUT2D eigenvalue weighted by molar-refractivity contribution is -0.120. The largest absolute Gasteiger partial charge is 0.378 e. The summed E-state index contributed by atoms with van der Waals surface area (Å²) in [6.45, 7) is 5.00. The lowest BCUT2D eigenvalue weighted by Gasteiger charge is -2.31. The van der Waals surface area contributed by atoms with Gasteiger partial charge in [-0.3, -0.25) is 4.79 Å². The third kappa shape index (κ3) is 5.28. The molecule has 5 nitrogen and oxygen atoms in total. The first kappa shape index (κ1) is 19.8. The molecule has 0 radical (unpaired) electrons. The molecule has 144 valence electrons. The van der Waals surface area contributed by atoms with Gasteiger partial charge in [0.25, 0.3) is 0 Å². The summed E-state index contributed by atoms with van der Waals surface area (Å²) in [5.74, 6) is -0.0923. The fourth-order valence-corrected chi connectivity index (χ4v) is 3.49. The number of carbonyl (C=O) groups is 1. The van der Waals surface area contributed by atoms with Gasteiger partial charge in [-0.1, -0.05) is 41.4 Å². The van der Waals surface area contributed by atoms with Crippen molar-refractivity contribution in [3.05, 3.63) is 58.1 Å². The molecule has 0 aromatic heterocycles. The second-order valence-corrected chi connectivity index (χ2v) is 7.27. The van der Waals surface area contributed by atoms with Crippen molar-refractivity contribution in [1.29, 1.82) is 0 Å². The molecular formula is C20H23Cl2N3O2. The molecule has 3 rings (SSSR count). The van der Waals surface area contributed by atoms with Crippen LogP contribution in [0.5, 0.6) is 0 Å². The number of nitrogens with one attached hydrogen (secondary N) is 2. The van der Waals surface area contributed by atoms with Gasteiger partial charge in [0, 0.05) is 18.1 Å². The molecule has 1 saturated heterocycles. The first-order valence-corrected chi connectivity index (χ1v) is 9.70. The lowest BCUT2D eigenvalue weighted by atomic mass is 10.1. The van der Waals surface area contributed by atoms with Crippen LogP contribution >= 0.6 is 23.2 Å². The second kappa shape index (κ2) is 9.31. The number of hydrogen-bond donors (Lipinski definition) is 2. The highest BCUT2D eigenvalue weighted by molar-refractivity contribution is 6.34. The van der Waals surface area contributed by atoms with Crippen LogP contribution in [-0.2, 0) is 9.53 Å². The van der Waals surface area contributed by atoms with Crippen molar-refractivity contribution in [3.63, 3.8) is 0 Å². The Hall–Kier alpha value is -1.95. The third-order valence-electron chi connectivity index (χ3n) is 4.50. The van der Waals surface area contributed by atoms with Crippen LogP contribution in [0.4, 0.5) is 11.4 Å². The highest BCUT2D eigenvalue weighted by atomic mass is 35.5. The molecule has 1 atom stereocenters. The van der Waals surface area contributed by atoms with Crippen LogP contribution in [0.15, 0.2) is 42.5 Å². The minimum atomic E-state index is -0.102. The number of morpholine rings is 1. The zero-order chi connectivity index (χ0) is 19.2. The van der Waals surface area contributed by atoms with E-state index in [9.17, 15) is 4.79 Å². The van der Waals surface area contributed by atoms with Crippen LogP contribution in [0.3, 0.4) is 0 Å². The fourth-order valence-electron chi connectivity index (χ4n) is 3.07. The van der Waals surface area contributed by atoms with E-state index in [4.69, 9.17) is 27.9 Å². The summed E-state index contributed by atoms with van der Waals surface area (Å²) in [4.78, 5) is 14.6. The van der Waals surface area contributed by atoms with Crippen molar-refractivity contribution in [3.8, 4) is 0 Å². The zero-order valence-electron chi connectivity index (χ0n) is 15.2. The summed E-state index contributed by atoms with van der Waals surface area (Å²) in [6, 6.07) is 13.0. The number of amides is 1. The minimum Gasteiger partial charge on any atom is -0.378 e. The van der Waals surface area contributed by atoms with Crippen LogP contribution in [0.1, 0.15) is 18.5 Å². The molecule has 1 aliphatic heterocycles. The number of benzene rings is 2. The van der Waals surface area contributed by atoms with Crippen LogP contribution in [-0.4, -0.2) is 38.8 Å². The zero-order valence-corrected chi connectivity index (χ0v) is 16.7. The Labute approximate surface area is 169 Å². The summed E-state index contributed by atoms with van der Waals surface area (Å²) < 4.78 is 5.41. The molecule has 0 bridgehead atoms. The van der Waals surface area contributed by atoms with E-state index in [1.807, 2.05) is 49.4 Å². The molecule has 1 amide bonds. The number of carbonyl (C=O) groups excluding carboxylic acids is 1. The van der Waals surface area contributed by atoms with Gasteiger partial charge in [0.05, 0.1) is 42.2 Å². The predicted molar refractivity (Wildman–Crippen MR) is 111 cm³/mol.